The molecule has 4 heterocycles. The van der Waals surface area contributed by atoms with Crippen LogP contribution in [0.5, 0.6) is 0 Å². The van der Waals surface area contributed by atoms with Gasteiger partial charge in [-0.3, -0.25) is 9.48 Å². The lowest BCUT2D eigenvalue weighted by Crippen LogP contribution is -2.57. The number of anilines is 1. The van der Waals surface area contributed by atoms with Gasteiger partial charge in [-0.15, -0.1) is 0 Å². The van der Waals surface area contributed by atoms with Crippen LogP contribution in [0.25, 0.3) is 11.4 Å². The van der Waals surface area contributed by atoms with Crippen molar-refractivity contribution in [3.8, 4) is 11.4 Å². The zero-order valence-corrected chi connectivity index (χ0v) is 20.5. The molecule has 1 amide bonds. The first-order valence-electron chi connectivity index (χ1n) is 11.4. The number of aromatic nitrogens is 6. The monoisotopic (exact) mass is 524 g/mol. The smallest absolute Gasteiger partial charge is 0.352 e. The molecule has 3 aromatic rings. The van der Waals surface area contributed by atoms with Crippen molar-refractivity contribution in [2.24, 2.45) is 13.0 Å². The summed E-state index contributed by atoms with van der Waals surface area (Å²) in [6.45, 7) is 4.22. The number of aryl methyl sites for hydroxylation is 3. The Morgan fingerprint density at radius 2 is 1.78 bits per heavy atom. The number of carbonyl (C=O) groups is 1. The average molecular weight is 524 g/mol. The molecule has 0 aliphatic carbocycles. The number of alkyl halides is 5. The third kappa shape index (κ3) is 5.83. The third-order valence-corrected chi connectivity index (χ3v) is 6.04. The number of amides is 1. The Bertz CT molecular complexity index is 1270. The van der Waals surface area contributed by atoms with Crippen LogP contribution in [-0.2, 0) is 13.2 Å². The van der Waals surface area contributed by atoms with Gasteiger partial charge in [0.2, 0.25) is 5.95 Å². The van der Waals surface area contributed by atoms with Crippen LogP contribution < -0.4 is 5.32 Å². The van der Waals surface area contributed by atoms with Gasteiger partial charge < -0.3 is 10.2 Å². The number of piperidine rings is 1. The molecule has 0 spiro atoms. The molecule has 14 heteroatoms. The first-order chi connectivity index (χ1) is 17.2. The van der Waals surface area contributed by atoms with Gasteiger partial charge in [0.05, 0.1) is 23.7 Å². The summed E-state index contributed by atoms with van der Waals surface area (Å²) >= 11 is 0. The van der Waals surface area contributed by atoms with E-state index in [0.717, 1.165) is 4.90 Å². The van der Waals surface area contributed by atoms with Crippen molar-refractivity contribution in [1.29, 1.82) is 0 Å². The Morgan fingerprint density at radius 3 is 2.38 bits per heavy atom. The Balaban J connectivity index is 1.63. The summed E-state index contributed by atoms with van der Waals surface area (Å²) in [5.41, 5.74) is 0.548. The van der Waals surface area contributed by atoms with Crippen LogP contribution in [-0.4, -0.2) is 65.6 Å². The molecular formula is C23H25F5N8O. The van der Waals surface area contributed by atoms with E-state index in [0.29, 0.717) is 29.3 Å². The second kappa shape index (κ2) is 9.63. The van der Waals surface area contributed by atoms with Crippen molar-refractivity contribution in [1.82, 2.24) is 34.6 Å². The second-order valence-corrected chi connectivity index (χ2v) is 9.25. The van der Waals surface area contributed by atoms with Crippen molar-refractivity contribution < 1.29 is 26.7 Å². The second-order valence-electron chi connectivity index (χ2n) is 9.25. The van der Waals surface area contributed by atoms with Crippen molar-refractivity contribution in [3.05, 3.63) is 47.3 Å². The number of nitrogens with one attached hydrogen (secondary N) is 1. The van der Waals surface area contributed by atoms with Crippen LogP contribution in [0.15, 0.2) is 24.7 Å². The number of likely N-dealkylation sites (tertiary alicyclic amines) is 1. The summed E-state index contributed by atoms with van der Waals surface area (Å²) in [6, 6.07) is 1.02. The molecule has 1 fully saturated rings. The molecule has 0 aromatic carbocycles. The SMILES string of the molecule is Cc1cc(C)nc(-c2cn(C)nc2C(=O)N2CC(F)(F)C[C@@H](C)[C@H]2CNc2ncc(C(F)(F)F)cn2)n1. The van der Waals surface area contributed by atoms with Gasteiger partial charge in [-0.05, 0) is 25.8 Å². The molecule has 9 nitrogen and oxygen atoms in total. The molecular weight excluding hydrogens is 499 g/mol. The van der Waals surface area contributed by atoms with E-state index in [1.165, 1.54) is 4.68 Å². The van der Waals surface area contributed by atoms with Gasteiger partial charge in [0.15, 0.2) is 11.5 Å². The Labute approximate surface area is 209 Å². The third-order valence-electron chi connectivity index (χ3n) is 6.04. The summed E-state index contributed by atoms with van der Waals surface area (Å²) in [4.78, 5) is 30.8. The zero-order chi connectivity index (χ0) is 27.1. The van der Waals surface area contributed by atoms with E-state index < -0.39 is 48.5 Å². The van der Waals surface area contributed by atoms with Gasteiger partial charge in [-0.1, -0.05) is 6.92 Å². The molecule has 4 rings (SSSR count). The molecule has 37 heavy (non-hydrogen) atoms. The minimum Gasteiger partial charge on any atom is -0.352 e. The highest BCUT2D eigenvalue weighted by atomic mass is 19.4. The number of nitrogens with zero attached hydrogens (tertiary/aromatic N) is 7. The Hall–Kier alpha value is -3.71. The highest BCUT2D eigenvalue weighted by Crippen LogP contribution is 2.36. The van der Waals surface area contributed by atoms with Crippen molar-refractivity contribution in [2.45, 2.75) is 45.3 Å². The van der Waals surface area contributed by atoms with E-state index in [2.05, 4.69) is 30.4 Å². The molecule has 2 atom stereocenters. The van der Waals surface area contributed by atoms with Crippen LogP contribution in [0.3, 0.4) is 0 Å². The number of carbonyl (C=O) groups excluding carboxylic acids is 1. The predicted molar refractivity (Wildman–Crippen MR) is 123 cm³/mol. The van der Waals surface area contributed by atoms with E-state index in [-0.39, 0.29) is 24.0 Å². The number of rotatable bonds is 5. The summed E-state index contributed by atoms with van der Waals surface area (Å²) in [7, 11) is 1.59. The summed E-state index contributed by atoms with van der Waals surface area (Å²) < 4.78 is 69.0. The number of hydrogen-bond acceptors (Lipinski definition) is 7. The molecule has 1 N–H and O–H groups in total. The normalized spacial score (nSPS) is 19.6. The van der Waals surface area contributed by atoms with Crippen molar-refractivity contribution in [2.75, 3.05) is 18.4 Å². The Kier molecular flexibility index (Phi) is 6.86. The standard InChI is InChI=1S/C23H25F5N8O/c1-12-6-22(24,25)11-36(17(12)9-31-21-29-7-15(8-30-21)23(26,27)28)20(37)18-16(10-35(4)34-18)19-32-13(2)5-14(3)33-19/h5,7-8,10,12,17H,6,9,11H2,1-4H3,(H,29,30,31)/t12-,17-/m1/s1. The van der Waals surface area contributed by atoms with Crippen LogP contribution >= 0.6 is 0 Å². The van der Waals surface area contributed by atoms with E-state index >= 15 is 0 Å². The van der Waals surface area contributed by atoms with Crippen LogP contribution in [0.4, 0.5) is 27.9 Å². The maximum Gasteiger partial charge on any atom is 0.419 e. The van der Waals surface area contributed by atoms with Gasteiger partial charge >= 0.3 is 6.18 Å². The van der Waals surface area contributed by atoms with Crippen molar-refractivity contribution >= 4 is 11.9 Å². The quantitative estimate of drug-likeness (QED) is 0.505. The molecule has 0 saturated carbocycles. The molecule has 198 valence electrons. The van der Waals surface area contributed by atoms with Gasteiger partial charge in [-0.2, -0.15) is 18.3 Å². The van der Waals surface area contributed by atoms with Crippen LogP contribution in [0.2, 0.25) is 0 Å². The van der Waals surface area contributed by atoms with E-state index in [1.54, 1.807) is 40.1 Å². The molecule has 1 aliphatic rings. The highest BCUT2D eigenvalue weighted by molar-refractivity contribution is 5.98. The first-order valence-corrected chi connectivity index (χ1v) is 11.4. The molecule has 1 saturated heterocycles. The van der Waals surface area contributed by atoms with Crippen LogP contribution in [0, 0.1) is 19.8 Å². The van der Waals surface area contributed by atoms with E-state index in [1.807, 2.05) is 0 Å². The lowest BCUT2D eigenvalue weighted by Gasteiger charge is -2.43. The minimum absolute atomic E-state index is 0.0590. The maximum atomic E-state index is 14.6. The summed E-state index contributed by atoms with van der Waals surface area (Å²) in [6.07, 6.45) is -2.25. The fourth-order valence-corrected chi connectivity index (χ4v) is 4.43. The predicted octanol–water partition coefficient (Wildman–Crippen LogP) is 3.90. The zero-order valence-electron chi connectivity index (χ0n) is 20.5. The van der Waals surface area contributed by atoms with Gasteiger partial charge in [-0.25, -0.2) is 28.7 Å². The largest absolute Gasteiger partial charge is 0.419 e. The molecule has 0 bridgehead atoms. The Morgan fingerprint density at radius 1 is 1.16 bits per heavy atom. The molecule has 0 unspecified atom stereocenters. The van der Waals surface area contributed by atoms with Gasteiger partial charge in [0.1, 0.15) is 0 Å². The average Bonchev–Trinajstić information content (AvgIpc) is 3.18. The number of halogens is 5. The fraction of sp³-hybridized carbons (Fsp3) is 0.478. The maximum absolute atomic E-state index is 14.6. The number of hydrogen-bond donors (Lipinski definition) is 1. The van der Waals surface area contributed by atoms with E-state index in [4.69, 9.17) is 0 Å². The molecule has 3 aromatic heterocycles. The van der Waals surface area contributed by atoms with Crippen molar-refractivity contribution in [3.63, 3.8) is 0 Å². The highest BCUT2D eigenvalue weighted by Gasteiger charge is 2.47. The summed E-state index contributed by atoms with van der Waals surface area (Å²) in [5.74, 6) is -4.39. The lowest BCUT2D eigenvalue weighted by molar-refractivity contribution is -0.138. The molecule has 1 aliphatic heterocycles. The minimum atomic E-state index is -4.59. The lowest BCUT2D eigenvalue weighted by atomic mass is 9.88. The van der Waals surface area contributed by atoms with Crippen LogP contribution in [0.1, 0.15) is 40.8 Å². The van der Waals surface area contributed by atoms with Gasteiger partial charge in [0, 0.05) is 50.0 Å². The first kappa shape index (κ1) is 26.4. The van der Waals surface area contributed by atoms with E-state index in [9.17, 15) is 26.7 Å². The topological polar surface area (TPSA) is 102 Å². The molecule has 0 radical (unpaired) electrons. The fourth-order valence-electron chi connectivity index (χ4n) is 4.43. The van der Waals surface area contributed by atoms with Gasteiger partial charge in [0.25, 0.3) is 11.8 Å². The summed E-state index contributed by atoms with van der Waals surface area (Å²) in [5, 5.41) is 7.00.